The van der Waals surface area contributed by atoms with Gasteiger partial charge in [-0.05, 0) is 23.8 Å². The summed E-state index contributed by atoms with van der Waals surface area (Å²) in [5.74, 6) is 0.241. The van der Waals surface area contributed by atoms with Crippen molar-refractivity contribution < 1.29 is 19.1 Å². The summed E-state index contributed by atoms with van der Waals surface area (Å²) < 4.78 is 10.8. The fourth-order valence-corrected chi connectivity index (χ4v) is 2.66. The zero-order chi connectivity index (χ0) is 18.2. The molecule has 2 amide bonds. The first-order chi connectivity index (χ1) is 12.7. The normalized spacial score (nSPS) is 13.9. The standard InChI is InChI=1S/C20H22N2O4/c23-19(22-9-11-25-12-10-22)15-26-18-8-4-7-17(13-18)20(24)21-14-16-5-2-1-3-6-16/h1-8,13H,9-12,14-15H2,(H,21,24). The fourth-order valence-electron chi connectivity index (χ4n) is 2.66. The lowest BCUT2D eigenvalue weighted by Gasteiger charge is -2.26. The molecule has 0 radical (unpaired) electrons. The topological polar surface area (TPSA) is 67.9 Å². The third-order valence-corrected chi connectivity index (χ3v) is 4.12. The second kappa shape index (κ2) is 9.01. The first kappa shape index (κ1) is 17.9. The van der Waals surface area contributed by atoms with Crippen LogP contribution in [0.5, 0.6) is 5.75 Å². The monoisotopic (exact) mass is 354 g/mol. The Morgan fingerprint density at radius 3 is 2.58 bits per heavy atom. The molecule has 1 N–H and O–H groups in total. The molecule has 0 saturated carbocycles. The molecule has 0 atom stereocenters. The molecule has 1 saturated heterocycles. The van der Waals surface area contributed by atoms with Gasteiger partial charge in [0.15, 0.2) is 6.61 Å². The zero-order valence-corrected chi connectivity index (χ0v) is 14.5. The van der Waals surface area contributed by atoms with Crippen LogP contribution in [-0.4, -0.2) is 49.6 Å². The lowest BCUT2D eigenvalue weighted by Crippen LogP contribution is -2.42. The molecule has 1 fully saturated rings. The van der Waals surface area contributed by atoms with Gasteiger partial charge in [-0.2, -0.15) is 0 Å². The molecule has 0 unspecified atom stereocenters. The largest absolute Gasteiger partial charge is 0.484 e. The molecule has 6 nitrogen and oxygen atoms in total. The lowest BCUT2D eigenvalue weighted by atomic mass is 10.2. The highest BCUT2D eigenvalue weighted by Gasteiger charge is 2.17. The Kier molecular flexibility index (Phi) is 6.22. The van der Waals surface area contributed by atoms with E-state index in [1.165, 1.54) is 0 Å². The van der Waals surface area contributed by atoms with Crippen LogP contribution in [0.1, 0.15) is 15.9 Å². The van der Waals surface area contributed by atoms with Crippen LogP contribution in [0, 0.1) is 0 Å². The van der Waals surface area contributed by atoms with Gasteiger partial charge in [-0.1, -0.05) is 36.4 Å². The van der Waals surface area contributed by atoms with Gasteiger partial charge in [-0.25, -0.2) is 0 Å². The van der Waals surface area contributed by atoms with E-state index >= 15 is 0 Å². The van der Waals surface area contributed by atoms with E-state index in [1.807, 2.05) is 30.3 Å². The maximum Gasteiger partial charge on any atom is 0.260 e. The Labute approximate surface area is 152 Å². The van der Waals surface area contributed by atoms with E-state index in [9.17, 15) is 9.59 Å². The minimum Gasteiger partial charge on any atom is -0.484 e. The minimum atomic E-state index is -0.182. The van der Waals surface area contributed by atoms with Crippen LogP contribution in [0.4, 0.5) is 0 Å². The predicted octanol–water partition coefficient (Wildman–Crippen LogP) is 1.85. The Hall–Kier alpha value is -2.86. The molecular formula is C20H22N2O4. The molecule has 136 valence electrons. The summed E-state index contributed by atoms with van der Waals surface area (Å²) in [5.41, 5.74) is 1.53. The summed E-state index contributed by atoms with van der Waals surface area (Å²) in [5, 5.41) is 2.88. The molecule has 0 aromatic heterocycles. The van der Waals surface area contributed by atoms with Gasteiger partial charge >= 0.3 is 0 Å². The van der Waals surface area contributed by atoms with E-state index in [0.29, 0.717) is 44.2 Å². The van der Waals surface area contributed by atoms with Gasteiger partial charge < -0.3 is 19.7 Å². The van der Waals surface area contributed by atoms with Gasteiger partial charge in [-0.3, -0.25) is 9.59 Å². The second-order valence-corrected chi connectivity index (χ2v) is 5.98. The van der Waals surface area contributed by atoms with E-state index in [0.717, 1.165) is 5.56 Å². The number of carbonyl (C=O) groups excluding carboxylic acids is 2. The molecule has 0 aliphatic carbocycles. The van der Waals surface area contributed by atoms with Crippen LogP contribution in [0.2, 0.25) is 0 Å². The summed E-state index contributed by atoms with van der Waals surface area (Å²) in [4.78, 5) is 26.1. The maximum atomic E-state index is 12.3. The van der Waals surface area contributed by atoms with Gasteiger partial charge in [0.25, 0.3) is 11.8 Å². The van der Waals surface area contributed by atoms with E-state index in [2.05, 4.69) is 5.32 Å². The van der Waals surface area contributed by atoms with Crippen molar-refractivity contribution >= 4 is 11.8 Å². The number of nitrogens with zero attached hydrogens (tertiary/aromatic N) is 1. The highest BCUT2D eigenvalue weighted by atomic mass is 16.5. The van der Waals surface area contributed by atoms with Crippen molar-refractivity contribution in [2.45, 2.75) is 6.54 Å². The molecule has 6 heteroatoms. The molecule has 3 rings (SSSR count). The number of nitrogens with one attached hydrogen (secondary N) is 1. The first-order valence-electron chi connectivity index (χ1n) is 8.63. The van der Waals surface area contributed by atoms with Crippen molar-refractivity contribution in [3.63, 3.8) is 0 Å². The number of amides is 2. The predicted molar refractivity (Wildman–Crippen MR) is 96.9 cm³/mol. The molecule has 0 spiro atoms. The minimum absolute atomic E-state index is 0.0465. The highest BCUT2D eigenvalue weighted by Crippen LogP contribution is 2.14. The van der Waals surface area contributed by atoms with E-state index in [1.54, 1.807) is 29.2 Å². The van der Waals surface area contributed by atoms with Crippen molar-refractivity contribution in [2.24, 2.45) is 0 Å². The number of carbonyl (C=O) groups is 2. The molecule has 2 aromatic rings. The number of morpholine rings is 1. The third kappa shape index (κ3) is 5.07. The number of rotatable bonds is 6. The van der Waals surface area contributed by atoms with Crippen molar-refractivity contribution in [1.82, 2.24) is 10.2 Å². The van der Waals surface area contributed by atoms with Crippen LogP contribution in [0.15, 0.2) is 54.6 Å². The van der Waals surface area contributed by atoms with Crippen molar-refractivity contribution in [1.29, 1.82) is 0 Å². The van der Waals surface area contributed by atoms with Crippen molar-refractivity contribution in [3.05, 3.63) is 65.7 Å². The van der Waals surface area contributed by atoms with E-state index in [-0.39, 0.29) is 18.4 Å². The Morgan fingerprint density at radius 1 is 1.04 bits per heavy atom. The Morgan fingerprint density at radius 2 is 1.81 bits per heavy atom. The van der Waals surface area contributed by atoms with Gasteiger partial charge in [-0.15, -0.1) is 0 Å². The molecule has 1 heterocycles. The lowest BCUT2D eigenvalue weighted by molar-refractivity contribution is -0.137. The SMILES string of the molecule is O=C(NCc1ccccc1)c1cccc(OCC(=O)N2CCOCC2)c1. The van der Waals surface area contributed by atoms with Gasteiger partial charge in [0.1, 0.15) is 5.75 Å². The zero-order valence-electron chi connectivity index (χ0n) is 14.5. The van der Waals surface area contributed by atoms with Crippen LogP contribution in [-0.2, 0) is 16.1 Å². The molecule has 0 bridgehead atoms. The average molecular weight is 354 g/mol. The highest BCUT2D eigenvalue weighted by molar-refractivity contribution is 5.94. The fraction of sp³-hybridized carbons (Fsp3) is 0.300. The third-order valence-electron chi connectivity index (χ3n) is 4.12. The van der Waals surface area contributed by atoms with E-state index < -0.39 is 0 Å². The van der Waals surface area contributed by atoms with Gasteiger partial charge in [0, 0.05) is 25.2 Å². The summed E-state index contributed by atoms with van der Waals surface area (Å²) >= 11 is 0. The number of benzene rings is 2. The van der Waals surface area contributed by atoms with Crippen molar-refractivity contribution in [2.75, 3.05) is 32.9 Å². The molecule has 1 aliphatic heterocycles. The maximum absolute atomic E-state index is 12.3. The molecule has 26 heavy (non-hydrogen) atoms. The quantitative estimate of drug-likeness (QED) is 0.860. The molecule has 2 aromatic carbocycles. The second-order valence-electron chi connectivity index (χ2n) is 5.98. The summed E-state index contributed by atoms with van der Waals surface area (Å²) in [6.45, 7) is 2.70. The Balaban J connectivity index is 1.52. The Bertz CT molecular complexity index is 742. The summed E-state index contributed by atoms with van der Waals surface area (Å²) in [7, 11) is 0. The first-order valence-corrected chi connectivity index (χ1v) is 8.63. The number of ether oxygens (including phenoxy) is 2. The summed E-state index contributed by atoms with van der Waals surface area (Å²) in [6.07, 6.45) is 0. The number of hydrogen-bond acceptors (Lipinski definition) is 4. The van der Waals surface area contributed by atoms with Crippen LogP contribution < -0.4 is 10.1 Å². The number of hydrogen-bond donors (Lipinski definition) is 1. The smallest absolute Gasteiger partial charge is 0.260 e. The van der Waals surface area contributed by atoms with Gasteiger partial charge in [0.2, 0.25) is 0 Å². The molecular weight excluding hydrogens is 332 g/mol. The van der Waals surface area contributed by atoms with Crippen LogP contribution in [0.3, 0.4) is 0 Å². The van der Waals surface area contributed by atoms with E-state index in [4.69, 9.17) is 9.47 Å². The van der Waals surface area contributed by atoms with Crippen molar-refractivity contribution in [3.8, 4) is 5.75 Å². The van der Waals surface area contributed by atoms with Gasteiger partial charge in [0.05, 0.1) is 13.2 Å². The average Bonchev–Trinajstić information content (AvgIpc) is 2.72. The summed E-state index contributed by atoms with van der Waals surface area (Å²) in [6, 6.07) is 16.6. The van der Waals surface area contributed by atoms with Crippen LogP contribution >= 0.6 is 0 Å². The van der Waals surface area contributed by atoms with Crippen LogP contribution in [0.25, 0.3) is 0 Å². The molecule has 1 aliphatic rings.